The lowest BCUT2D eigenvalue weighted by Gasteiger charge is -2.12. The molecule has 2 aromatic heterocycles. The van der Waals surface area contributed by atoms with Crippen molar-refractivity contribution in [2.45, 2.75) is 33.4 Å². The molecule has 1 unspecified atom stereocenters. The van der Waals surface area contributed by atoms with E-state index in [9.17, 15) is 4.79 Å². The van der Waals surface area contributed by atoms with E-state index in [0.29, 0.717) is 10.2 Å². The van der Waals surface area contributed by atoms with E-state index in [1.165, 1.54) is 0 Å². The highest BCUT2D eigenvalue weighted by atomic mass is 79.9. The summed E-state index contributed by atoms with van der Waals surface area (Å²) in [6.45, 7) is 6.73. The Labute approximate surface area is 126 Å². The van der Waals surface area contributed by atoms with E-state index in [-0.39, 0.29) is 11.9 Å². The van der Waals surface area contributed by atoms with Crippen molar-refractivity contribution in [3.05, 3.63) is 33.8 Å². The van der Waals surface area contributed by atoms with Crippen molar-refractivity contribution < 1.29 is 4.79 Å². The van der Waals surface area contributed by atoms with E-state index >= 15 is 0 Å². The summed E-state index contributed by atoms with van der Waals surface area (Å²) in [7, 11) is 1.78. The second-order valence-corrected chi connectivity index (χ2v) is 5.57. The summed E-state index contributed by atoms with van der Waals surface area (Å²) in [6.07, 6.45) is 3.72. The Balaban J connectivity index is 2.14. The molecule has 0 aliphatic carbocycles. The first-order valence-corrected chi connectivity index (χ1v) is 7.25. The van der Waals surface area contributed by atoms with Gasteiger partial charge < -0.3 is 5.32 Å². The Hall–Kier alpha value is -1.63. The summed E-state index contributed by atoms with van der Waals surface area (Å²) in [5, 5.41) is 11.5. The molecule has 0 radical (unpaired) electrons. The van der Waals surface area contributed by atoms with Crippen molar-refractivity contribution in [2.75, 3.05) is 0 Å². The molecule has 0 saturated carbocycles. The fourth-order valence-corrected chi connectivity index (χ4v) is 2.63. The second-order valence-electron chi connectivity index (χ2n) is 4.72. The van der Waals surface area contributed by atoms with Gasteiger partial charge in [-0.15, -0.1) is 0 Å². The third kappa shape index (κ3) is 2.92. The number of carbonyl (C=O) groups excluding carboxylic acids is 1. The molecule has 1 atom stereocenters. The Morgan fingerprint density at radius 3 is 2.65 bits per heavy atom. The molecule has 7 heteroatoms. The van der Waals surface area contributed by atoms with Gasteiger partial charge >= 0.3 is 0 Å². The van der Waals surface area contributed by atoms with Gasteiger partial charge in [0.2, 0.25) is 0 Å². The predicted octanol–water partition coefficient (Wildman–Crippen LogP) is 2.20. The standard InChI is InChI=1S/C13H18BrN5O/c1-5-19-6-10(9(3)16-19)8(2)15-13(20)12-11(14)7-18(4)17-12/h6-8H,5H2,1-4H3,(H,15,20). The van der Waals surface area contributed by atoms with Gasteiger partial charge in [-0.05, 0) is 36.7 Å². The fourth-order valence-electron chi connectivity index (χ4n) is 2.08. The molecule has 0 fully saturated rings. The van der Waals surface area contributed by atoms with Crippen LogP contribution in [-0.2, 0) is 13.6 Å². The summed E-state index contributed by atoms with van der Waals surface area (Å²) < 4.78 is 4.15. The number of rotatable bonds is 4. The topological polar surface area (TPSA) is 64.7 Å². The van der Waals surface area contributed by atoms with Gasteiger partial charge in [-0.1, -0.05) is 0 Å². The quantitative estimate of drug-likeness (QED) is 0.928. The number of halogens is 1. The zero-order valence-corrected chi connectivity index (χ0v) is 13.6. The summed E-state index contributed by atoms with van der Waals surface area (Å²) in [5.41, 5.74) is 2.34. The first kappa shape index (κ1) is 14.8. The van der Waals surface area contributed by atoms with E-state index in [1.54, 1.807) is 17.9 Å². The molecule has 2 aromatic rings. The maximum atomic E-state index is 12.2. The Morgan fingerprint density at radius 1 is 1.45 bits per heavy atom. The molecule has 20 heavy (non-hydrogen) atoms. The van der Waals surface area contributed by atoms with Crippen LogP contribution in [0.4, 0.5) is 0 Å². The van der Waals surface area contributed by atoms with Crippen molar-refractivity contribution in [3.8, 4) is 0 Å². The first-order chi connectivity index (χ1) is 9.42. The molecule has 0 aromatic carbocycles. The Bertz CT molecular complexity index is 631. The number of aromatic nitrogens is 4. The number of carbonyl (C=O) groups is 1. The summed E-state index contributed by atoms with van der Waals surface area (Å²) in [5.74, 6) is -0.200. The van der Waals surface area contributed by atoms with Gasteiger partial charge in [-0.2, -0.15) is 10.2 Å². The number of hydrogen-bond donors (Lipinski definition) is 1. The molecule has 1 N–H and O–H groups in total. The number of amides is 1. The van der Waals surface area contributed by atoms with Crippen molar-refractivity contribution in [3.63, 3.8) is 0 Å². The van der Waals surface area contributed by atoms with Crippen molar-refractivity contribution >= 4 is 21.8 Å². The predicted molar refractivity (Wildman–Crippen MR) is 79.4 cm³/mol. The average molecular weight is 340 g/mol. The maximum absolute atomic E-state index is 12.2. The molecule has 6 nitrogen and oxygen atoms in total. The van der Waals surface area contributed by atoms with Gasteiger partial charge in [-0.25, -0.2) is 0 Å². The molecule has 2 heterocycles. The highest BCUT2D eigenvalue weighted by molar-refractivity contribution is 9.10. The van der Waals surface area contributed by atoms with Crippen molar-refractivity contribution in [1.82, 2.24) is 24.9 Å². The van der Waals surface area contributed by atoms with E-state index in [1.807, 2.05) is 31.6 Å². The van der Waals surface area contributed by atoms with Crippen LogP contribution in [0.5, 0.6) is 0 Å². The van der Waals surface area contributed by atoms with Gasteiger partial charge in [0.05, 0.1) is 16.2 Å². The van der Waals surface area contributed by atoms with Gasteiger partial charge in [0.1, 0.15) is 0 Å². The molecule has 0 saturated heterocycles. The van der Waals surface area contributed by atoms with E-state index in [2.05, 4.69) is 31.4 Å². The van der Waals surface area contributed by atoms with Crippen LogP contribution in [0.3, 0.4) is 0 Å². The van der Waals surface area contributed by atoms with Crippen LogP contribution in [0.2, 0.25) is 0 Å². The third-order valence-corrected chi connectivity index (χ3v) is 3.70. The van der Waals surface area contributed by atoms with Crippen LogP contribution < -0.4 is 5.32 Å². The van der Waals surface area contributed by atoms with Gasteiger partial charge in [-0.3, -0.25) is 14.2 Å². The van der Waals surface area contributed by atoms with Crippen molar-refractivity contribution in [1.29, 1.82) is 0 Å². The fraction of sp³-hybridized carbons (Fsp3) is 0.462. The monoisotopic (exact) mass is 339 g/mol. The number of aryl methyl sites for hydroxylation is 3. The molecular formula is C13H18BrN5O. The van der Waals surface area contributed by atoms with Crippen LogP contribution in [0.1, 0.15) is 41.6 Å². The number of hydrogen-bond acceptors (Lipinski definition) is 3. The average Bonchev–Trinajstić information content (AvgIpc) is 2.91. The van der Waals surface area contributed by atoms with Crippen LogP contribution >= 0.6 is 15.9 Å². The van der Waals surface area contributed by atoms with Gasteiger partial charge in [0.15, 0.2) is 5.69 Å². The Kier molecular flexibility index (Phi) is 4.27. The molecular weight excluding hydrogens is 322 g/mol. The van der Waals surface area contributed by atoms with Gasteiger partial charge in [0.25, 0.3) is 5.91 Å². The molecule has 0 spiro atoms. The lowest BCUT2D eigenvalue weighted by atomic mass is 10.1. The molecule has 0 aliphatic rings. The zero-order chi connectivity index (χ0) is 14.9. The third-order valence-electron chi connectivity index (χ3n) is 3.12. The van der Waals surface area contributed by atoms with E-state index in [4.69, 9.17) is 0 Å². The molecule has 108 valence electrons. The Morgan fingerprint density at radius 2 is 2.15 bits per heavy atom. The zero-order valence-electron chi connectivity index (χ0n) is 12.0. The summed E-state index contributed by atoms with van der Waals surface area (Å²) in [4.78, 5) is 12.2. The largest absolute Gasteiger partial charge is 0.344 e. The minimum atomic E-state index is -0.200. The van der Waals surface area contributed by atoms with Crippen LogP contribution in [0, 0.1) is 6.92 Å². The molecule has 1 amide bonds. The molecule has 0 bridgehead atoms. The summed E-state index contributed by atoms with van der Waals surface area (Å²) >= 11 is 3.33. The maximum Gasteiger partial charge on any atom is 0.273 e. The molecule has 2 rings (SSSR count). The number of nitrogens with zero attached hydrogens (tertiary/aromatic N) is 4. The highest BCUT2D eigenvalue weighted by Crippen LogP contribution is 2.19. The lowest BCUT2D eigenvalue weighted by molar-refractivity contribution is 0.0933. The second kappa shape index (κ2) is 5.78. The smallest absolute Gasteiger partial charge is 0.273 e. The van der Waals surface area contributed by atoms with E-state index < -0.39 is 0 Å². The van der Waals surface area contributed by atoms with Gasteiger partial charge in [0, 0.05) is 31.5 Å². The normalized spacial score (nSPS) is 12.4. The first-order valence-electron chi connectivity index (χ1n) is 6.46. The van der Waals surface area contributed by atoms with Crippen LogP contribution in [0.15, 0.2) is 16.9 Å². The van der Waals surface area contributed by atoms with Crippen LogP contribution in [0.25, 0.3) is 0 Å². The summed E-state index contributed by atoms with van der Waals surface area (Å²) in [6, 6.07) is -0.114. The van der Waals surface area contributed by atoms with Crippen molar-refractivity contribution in [2.24, 2.45) is 7.05 Å². The van der Waals surface area contributed by atoms with Crippen LogP contribution in [-0.4, -0.2) is 25.5 Å². The molecule has 0 aliphatic heterocycles. The minimum absolute atomic E-state index is 0.114. The van der Waals surface area contributed by atoms with E-state index in [0.717, 1.165) is 17.8 Å². The highest BCUT2D eigenvalue weighted by Gasteiger charge is 2.19. The SMILES string of the molecule is CCn1cc(C(C)NC(=O)c2nn(C)cc2Br)c(C)n1. The number of nitrogens with one attached hydrogen (secondary N) is 1. The minimum Gasteiger partial charge on any atom is -0.344 e. The lowest BCUT2D eigenvalue weighted by Crippen LogP contribution is -2.27.